The maximum absolute atomic E-state index is 12.1. The van der Waals surface area contributed by atoms with Crippen LogP contribution in [0.5, 0.6) is 0 Å². The van der Waals surface area contributed by atoms with Gasteiger partial charge in [0.25, 0.3) is 0 Å². The van der Waals surface area contributed by atoms with E-state index in [-0.39, 0.29) is 42.5 Å². The molecule has 3 rings (SSSR count). The van der Waals surface area contributed by atoms with Gasteiger partial charge in [0.1, 0.15) is 12.6 Å². The van der Waals surface area contributed by atoms with E-state index in [1.807, 2.05) is 19.4 Å². The van der Waals surface area contributed by atoms with Crippen LogP contribution in [-0.4, -0.2) is 102 Å². The van der Waals surface area contributed by atoms with Crippen molar-refractivity contribution in [2.24, 2.45) is 12.0 Å². The molecule has 0 bridgehead atoms. The predicted octanol–water partition coefficient (Wildman–Crippen LogP) is 0.930. The summed E-state index contributed by atoms with van der Waals surface area (Å²) in [6.45, 7) is 7.49. The fraction of sp³-hybridized carbons (Fsp3) is 0.750. The summed E-state index contributed by atoms with van der Waals surface area (Å²) in [5.41, 5.74) is 1.06. The van der Waals surface area contributed by atoms with E-state index >= 15 is 0 Å². The Morgan fingerprint density at radius 3 is 2.87 bits per heavy atom. The maximum Gasteiger partial charge on any atom is 0.243 e. The molecule has 2 unspecified atom stereocenters. The first-order valence-electron chi connectivity index (χ1n) is 10.6. The number of aliphatic imine (C=N–C) groups is 1. The highest BCUT2D eigenvalue weighted by atomic mass is 127. The van der Waals surface area contributed by atoms with Gasteiger partial charge in [-0.15, -0.1) is 24.0 Å². The highest BCUT2D eigenvalue weighted by molar-refractivity contribution is 14.0. The van der Waals surface area contributed by atoms with Crippen molar-refractivity contribution in [3.8, 4) is 0 Å². The minimum atomic E-state index is -0.0485. The number of aromatic nitrogens is 2. The zero-order chi connectivity index (χ0) is 20.8. The number of carbonyl (C=O) groups excluding carboxylic acids is 1. The molecule has 2 aliphatic rings. The fourth-order valence-electron chi connectivity index (χ4n) is 3.95. The number of hydrogen-bond donors (Lipinski definition) is 1. The zero-order valence-corrected chi connectivity index (χ0v) is 20.9. The summed E-state index contributed by atoms with van der Waals surface area (Å²) < 4.78 is 7.76. The summed E-state index contributed by atoms with van der Waals surface area (Å²) >= 11 is 0. The molecular formula is C20H36IN7O2. The zero-order valence-electron chi connectivity index (χ0n) is 18.6. The Kier molecular flexibility index (Phi) is 9.82. The summed E-state index contributed by atoms with van der Waals surface area (Å²) in [7, 11) is 5.43. The maximum atomic E-state index is 12.1. The normalized spacial score (nSPS) is 22.7. The van der Waals surface area contributed by atoms with Gasteiger partial charge in [0, 0.05) is 52.0 Å². The molecule has 0 spiro atoms. The van der Waals surface area contributed by atoms with Crippen LogP contribution in [0.4, 0.5) is 0 Å². The first-order valence-corrected chi connectivity index (χ1v) is 10.6. The number of nitrogens with one attached hydrogen (secondary N) is 1. The number of amides is 1. The lowest BCUT2D eigenvalue weighted by molar-refractivity contribution is -0.127. The van der Waals surface area contributed by atoms with Crippen molar-refractivity contribution in [3.63, 3.8) is 0 Å². The van der Waals surface area contributed by atoms with E-state index in [0.29, 0.717) is 19.2 Å². The van der Waals surface area contributed by atoms with E-state index in [1.165, 1.54) is 12.8 Å². The fourth-order valence-corrected chi connectivity index (χ4v) is 3.95. The number of rotatable bonds is 6. The third kappa shape index (κ3) is 6.55. The Morgan fingerprint density at radius 1 is 1.40 bits per heavy atom. The molecule has 1 aromatic rings. The Bertz CT molecular complexity index is 709. The average molecular weight is 533 g/mol. The first kappa shape index (κ1) is 24.9. The van der Waals surface area contributed by atoms with Gasteiger partial charge in [-0.1, -0.05) is 6.92 Å². The molecule has 0 aromatic carbocycles. The largest absolute Gasteiger partial charge is 0.370 e. The third-order valence-electron chi connectivity index (χ3n) is 5.73. The van der Waals surface area contributed by atoms with E-state index in [1.54, 1.807) is 23.7 Å². The second-order valence-corrected chi connectivity index (χ2v) is 7.99. The van der Waals surface area contributed by atoms with Crippen LogP contribution >= 0.6 is 24.0 Å². The Labute approximate surface area is 196 Å². The molecule has 0 saturated carbocycles. The molecule has 1 aromatic heterocycles. The summed E-state index contributed by atoms with van der Waals surface area (Å²) in [5, 5.41) is 7.82. The van der Waals surface area contributed by atoms with Crippen molar-refractivity contribution < 1.29 is 9.53 Å². The van der Waals surface area contributed by atoms with Gasteiger partial charge >= 0.3 is 0 Å². The highest BCUT2D eigenvalue weighted by Gasteiger charge is 2.27. The van der Waals surface area contributed by atoms with Crippen molar-refractivity contribution in [3.05, 3.63) is 18.0 Å². The number of carbonyl (C=O) groups is 1. The van der Waals surface area contributed by atoms with E-state index in [4.69, 9.17) is 4.74 Å². The van der Waals surface area contributed by atoms with Crippen LogP contribution < -0.4 is 5.32 Å². The van der Waals surface area contributed by atoms with Crippen molar-refractivity contribution in [1.29, 1.82) is 0 Å². The molecule has 3 heterocycles. The van der Waals surface area contributed by atoms with Gasteiger partial charge in [-0.05, 0) is 25.9 Å². The average Bonchev–Trinajstić information content (AvgIpc) is 3.36. The minimum Gasteiger partial charge on any atom is -0.370 e. The van der Waals surface area contributed by atoms with Gasteiger partial charge in [0.2, 0.25) is 5.91 Å². The van der Waals surface area contributed by atoms with Crippen LogP contribution in [-0.2, 0) is 16.6 Å². The molecule has 10 heteroatoms. The summed E-state index contributed by atoms with van der Waals surface area (Å²) in [6, 6.07) is 0.518. The van der Waals surface area contributed by atoms with E-state index in [9.17, 15) is 4.79 Å². The van der Waals surface area contributed by atoms with Crippen LogP contribution in [0.15, 0.2) is 17.4 Å². The van der Waals surface area contributed by atoms with Crippen LogP contribution in [0, 0.1) is 0 Å². The van der Waals surface area contributed by atoms with Crippen molar-refractivity contribution in [2.45, 2.75) is 31.9 Å². The van der Waals surface area contributed by atoms with Gasteiger partial charge < -0.3 is 19.9 Å². The number of halogens is 1. The molecule has 0 aliphatic carbocycles. The van der Waals surface area contributed by atoms with Gasteiger partial charge in [-0.2, -0.15) is 5.10 Å². The molecule has 2 saturated heterocycles. The SMILES string of the molecule is CCN1CCCC1CNC(=NCC(=O)N(C)C)N1CCOC(c2cnn(C)c2)C1.I. The molecule has 2 atom stereocenters. The second-order valence-electron chi connectivity index (χ2n) is 7.99. The number of ether oxygens (including phenoxy) is 1. The molecule has 1 N–H and O–H groups in total. The highest BCUT2D eigenvalue weighted by Crippen LogP contribution is 2.22. The van der Waals surface area contributed by atoms with Crippen molar-refractivity contribution in [2.75, 3.05) is 60.0 Å². The molecule has 2 fully saturated rings. The quantitative estimate of drug-likeness (QED) is 0.333. The van der Waals surface area contributed by atoms with Gasteiger partial charge in [0.15, 0.2) is 5.96 Å². The van der Waals surface area contributed by atoms with Crippen molar-refractivity contribution in [1.82, 2.24) is 29.8 Å². The molecule has 30 heavy (non-hydrogen) atoms. The standard InChI is InChI=1S/C20H35N7O2.HI/c1-5-26-8-6-7-17(26)12-21-20(22-13-19(28)24(2)3)27-9-10-29-18(15-27)16-11-23-25(4)14-16;/h11,14,17-18H,5-10,12-13,15H2,1-4H3,(H,21,22);1H. The molecule has 2 aliphatic heterocycles. The van der Waals surface area contributed by atoms with Gasteiger partial charge in [-0.25, -0.2) is 4.99 Å². The molecule has 1 amide bonds. The van der Waals surface area contributed by atoms with E-state index < -0.39 is 0 Å². The lowest BCUT2D eigenvalue weighted by Gasteiger charge is -2.35. The first-order chi connectivity index (χ1) is 14.0. The van der Waals surface area contributed by atoms with Crippen molar-refractivity contribution >= 4 is 35.8 Å². The number of hydrogen-bond acceptors (Lipinski definition) is 5. The van der Waals surface area contributed by atoms with Crippen LogP contribution in [0.1, 0.15) is 31.4 Å². The topological polar surface area (TPSA) is 78.2 Å². The summed E-state index contributed by atoms with van der Waals surface area (Å²) in [5.74, 6) is 0.790. The van der Waals surface area contributed by atoms with Crippen LogP contribution in [0.2, 0.25) is 0 Å². The molecular weight excluding hydrogens is 497 g/mol. The Hall–Kier alpha value is -1.40. The third-order valence-corrected chi connectivity index (χ3v) is 5.73. The molecule has 170 valence electrons. The predicted molar refractivity (Wildman–Crippen MR) is 128 cm³/mol. The van der Waals surface area contributed by atoms with E-state index in [2.05, 4.69) is 32.1 Å². The Morgan fingerprint density at radius 2 is 2.20 bits per heavy atom. The van der Waals surface area contributed by atoms with Crippen LogP contribution in [0.25, 0.3) is 0 Å². The summed E-state index contributed by atoms with van der Waals surface area (Å²) in [4.78, 5) is 23.1. The summed E-state index contributed by atoms with van der Waals surface area (Å²) in [6.07, 6.45) is 6.24. The monoisotopic (exact) mass is 533 g/mol. The molecule has 0 radical (unpaired) electrons. The number of likely N-dealkylation sites (N-methyl/N-ethyl adjacent to an activating group) is 2. The Balaban J connectivity index is 0.00000320. The number of guanidine groups is 1. The van der Waals surface area contributed by atoms with Gasteiger partial charge in [0.05, 0.1) is 19.3 Å². The number of nitrogens with zero attached hydrogens (tertiary/aromatic N) is 6. The molecule has 9 nitrogen and oxygen atoms in total. The smallest absolute Gasteiger partial charge is 0.243 e. The lowest BCUT2D eigenvalue weighted by atomic mass is 10.1. The van der Waals surface area contributed by atoms with E-state index in [0.717, 1.165) is 37.7 Å². The van der Waals surface area contributed by atoms with Gasteiger partial charge in [-0.3, -0.25) is 14.4 Å². The number of aryl methyl sites for hydroxylation is 1. The van der Waals surface area contributed by atoms with Crippen LogP contribution in [0.3, 0.4) is 0 Å². The minimum absolute atomic E-state index is 0. The lowest BCUT2D eigenvalue weighted by Crippen LogP contribution is -2.51. The second kappa shape index (κ2) is 11.8. The number of morpholine rings is 1. The number of likely N-dealkylation sites (tertiary alicyclic amines) is 1.